The molecule has 4 aromatic rings. The molecule has 0 fully saturated rings. The summed E-state index contributed by atoms with van der Waals surface area (Å²) in [7, 11) is 0. The van der Waals surface area contributed by atoms with Crippen LogP contribution >= 0.6 is 0 Å². The number of fused-ring (bicyclic) bond motifs is 1. The first-order valence-corrected chi connectivity index (χ1v) is 8.31. The maximum Gasteiger partial charge on any atom is 0.262 e. The van der Waals surface area contributed by atoms with E-state index in [1.165, 1.54) is 5.56 Å². The Hall–Kier alpha value is -3.20. The molecule has 0 aliphatic rings. The first-order valence-electron chi connectivity index (χ1n) is 8.31. The van der Waals surface area contributed by atoms with Gasteiger partial charge in [-0.05, 0) is 30.2 Å². The van der Waals surface area contributed by atoms with Crippen molar-refractivity contribution in [1.82, 2.24) is 9.55 Å². The first kappa shape index (κ1) is 15.3. The van der Waals surface area contributed by atoms with Crippen molar-refractivity contribution >= 4 is 10.9 Å². The second-order valence-electron chi connectivity index (χ2n) is 6.20. The predicted octanol–water partition coefficient (Wildman–Crippen LogP) is 4.34. The van der Waals surface area contributed by atoms with Gasteiger partial charge in [0.1, 0.15) is 0 Å². The third-order valence-electron chi connectivity index (χ3n) is 4.44. The van der Waals surface area contributed by atoms with Crippen LogP contribution in [0.1, 0.15) is 22.7 Å². The van der Waals surface area contributed by atoms with Crippen LogP contribution in [0.3, 0.4) is 0 Å². The predicted molar refractivity (Wildman–Crippen MR) is 101 cm³/mol. The number of aromatic nitrogens is 2. The number of nitrogens with zero attached hydrogens (tertiary/aromatic N) is 2. The fraction of sp³-hybridized carbons (Fsp3) is 0.0909. The van der Waals surface area contributed by atoms with Crippen LogP contribution in [0.25, 0.3) is 10.9 Å². The minimum Gasteiger partial charge on any atom is -0.287 e. The van der Waals surface area contributed by atoms with Crippen molar-refractivity contribution in [3.63, 3.8) is 0 Å². The van der Waals surface area contributed by atoms with Crippen LogP contribution in [0.4, 0.5) is 0 Å². The number of rotatable bonds is 3. The molecule has 1 heterocycles. The van der Waals surface area contributed by atoms with Gasteiger partial charge in [-0.2, -0.15) is 0 Å². The number of para-hydroxylation sites is 1. The molecule has 0 saturated heterocycles. The Labute approximate surface area is 146 Å². The van der Waals surface area contributed by atoms with Crippen LogP contribution in [0.15, 0.2) is 90.0 Å². The standard InChI is InChI=1S/C22H18N2O/c1-16-8-7-11-18(14-16)21(17-9-3-2-4-10-17)24-15-23-20-13-6-5-12-19(20)22(24)25/h2-15,21H,1H3. The van der Waals surface area contributed by atoms with Crippen LogP contribution in [-0.2, 0) is 0 Å². The molecule has 3 nitrogen and oxygen atoms in total. The topological polar surface area (TPSA) is 34.9 Å². The summed E-state index contributed by atoms with van der Waals surface area (Å²) in [4.78, 5) is 17.6. The molecule has 0 spiro atoms. The van der Waals surface area contributed by atoms with Gasteiger partial charge in [0.2, 0.25) is 0 Å². The summed E-state index contributed by atoms with van der Waals surface area (Å²) in [6.07, 6.45) is 1.66. The number of benzene rings is 3. The average Bonchev–Trinajstić information content (AvgIpc) is 2.65. The van der Waals surface area contributed by atoms with Crippen LogP contribution in [0.2, 0.25) is 0 Å². The van der Waals surface area contributed by atoms with E-state index in [2.05, 4.69) is 42.2 Å². The highest BCUT2D eigenvalue weighted by molar-refractivity contribution is 5.77. The maximum atomic E-state index is 13.1. The van der Waals surface area contributed by atoms with Gasteiger partial charge < -0.3 is 0 Å². The highest BCUT2D eigenvalue weighted by Gasteiger charge is 2.18. The number of hydrogen-bond donors (Lipinski definition) is 0. The summed E-state index contributed by atoms with van der Waals surface area (Å²) in [5, 5.41) is 0.638. The van der Waals surface area contributed by atoms with Crippen molar-refractivity contribution in [2.75, 3.05) is 0 Å². The molecule has 3 heteroatoms. The molecule has 0 bridgehead atoms. The molecule has 1 aromatic heterocycles. The molecular weight excluding hydrogens is 308 g/mol. The van der Waals surface area contributed by atoms with Gasteiger partial charge in [-0.15, -0.1) is 0 Å². The molecule has 0 radical (unpaired) electrons. The molecular formula is C22H18N2O. The Kier molecular flexibility index (Phi) is 3.90. The smallest absolute Gasteiger partial charge is 0.262 e. The lowest BCUT2D eigenvalue weighted by Gasteiger charge is -2.21. The molecule has 0 aliphatic heterocycles. The van der Waals surface area contributed by atoms with E-state index >= 15 is 0 Å². The Morgan fingerprint density at radius 3 is 2.36 bits per heavy atom. The Morgan fingerprint density at radius 1 is 0.840 bits per heavy atom. The van der Waals surface area contributed by atoms with E-state index < -0.39 is 0 Å². The Morgan fingerprint density at radius 2 is 1.56 bits per heavy atom. The summed E-state index contributed by atoms with van der Waals surface area (Å²) < 4.78 is 1.73. The zero-order chi connectivity index (χ0) is 17.2. The lowest BCUT2D eigenvalue weighted by Crippen LogP contribution is -2.26. The minimum absolute atomic E-state index is 0.0269. The van der Waals surface area contributed by atoms with Crippen molar-refractivity contribution in [1.29, 1.82) is 0 Å². The average molecular weight is 326 g/mol. The third-order valence-corrected chi connectivity index (χ3v) is 4.44. The summed E-state index contributed by atoms with van der Waals surface area (Å²) in [6.45, 7) is 2.06. The molecule has 1 atom stereocenters. The molecule has 0 amide bonds. The van der Waals surface area contributed by atoms with Crippen LogP contribution < -0.4 is 5.56 Å². The van der Waals surface area contributed by atoms with Gasteiger partial charge in [0, 0.05) is 0 Å². The fourth-order valence-corrected chi connectivity index (χ4v) is 3.26. The van der Waals surface area contributed by atoms with Crippen LogP contribution in [-0.4, -0.2) is 9.55 Å². The van der Waals surface area contributed by atoms with Crippen molar-refractivity contribution in [2.24, 2.45) is 0 Å². The van der Waals surface area contributed by atoms with E-state index in [9.17, 15) is 4.79 Å². The van der Waals surface area contributed by atoms with Crippen LogP contribution in [0.5, 0.6) is 0 Å². The van der Waals surface area contributed by atoms with Gasteiger partial charge in [0.05, 0.1) is 23.3 Å². The summed E-state index contributed by atoms with van der Waals surface area (Å²) in [5.74, 6) is 0. The van der Waals surface area contributed by atoms with E-state index in [1.807, 2.05) is 48.5 Å². The maximum absolute atomic E-state index is 13.1. The molecule has 1 unspecified atom stereocenters. The highest BCUT2D eigenvalue weighted by atomic mass is 16.1. The largest absolute Gasteiger partial charge is 0.287 e. The van der Waals surface area contributed by atoms with E-state index in [4.69, 9.17) is 0 Å². The van der Waals surface area contributed by atoms with Gasteiger partial charge in [-0.1, -0.05) is 72.3 Å². The SMILES string of the molecule is Cc1cccc(C(c2ccccc2)n2cnc3ccccc3c2=O)c1. The summed E-state index contributed by atoms with van der Waals surface area (Å²) in [5.41, 5.74) is 4.00. The third kappa shape index (κ3) is 2.85. The molecule has 122 valence electrons. The molecule has 0 aliphatic carbocycles. The monoisotopic (exact) mass is 326 g/mol. The van der Waals surface area contributed by atoms with Gasteiger partial charge in [0.15, 0.2) is 0 Å². The Bertz CT molecular complexity index is 1080. The van der Waals surface area contributed by atoms with Gasteiger partial charge in [-0.3, -0.25) is 9.36 Å². The molecule has 0 saturated carbocycles. The molecule has 25 heavy (non-hydrogen) atoms. The first-order chi connectivity index (χ1) is 12.2. The van der Waals surface area contributed by atoms with Crippen molar-refractivity contribution < 1.29 is 0 Å². The van der Waals surface area contributed by atoms with E-state index in [0.29, 0.717) is 5.39 Å². The van der Waals surface area contributed by atoms with Crippen molar-refractivity contribution in [3.8, 4) is 0 Å². The minimum atomic E-state index is -0.203. The molecule has 0 N–H and O–H groups in total. The van der Waals surface area contributed by atoms with Crippen molar-refractivity contribution in [2.45, 2.75) is 13.0 Å². The number of hydrogen-bond acceptors (Lipinski definition) is 2. The lowest BCUT2D eigenvalue weighted by atomic mass is 9.97. The quantitative estimate of drug-likeness (QED) is 0.561. The van der Waals surface area contributed by atoms with Gasteiger partial charge in [0.25, 0.3) is 5.56 Å². The van der Waals surface area contributed by atoms with Crippen LogP contribution in [0, 0.1) is 6.92 Å². The van der Waals surface area contributed by atoms with Gasteiger partial charge in [-0.25, -0.2) is 4.98 Å². The highest BCUT2D eigenvalue weighted by Crippen LogP contribution is 2.26. The second-order valence-corrected chi connectivity index (χ2v) is 6.20. The molecule has 3 aromatic carbocycles. The van der Waals surface area contributed by atoms with E-state index in [1.54, 1.807) is 10.9 Å². The zero-order valence-electron chi connectivity index (χ0n) is 14.0. The van der Waals surface area contributed by atoms with E-state index in [-0.39, 0.29) is 11.6 Å². The summed E-state index contributed by atoms with van der Waals surface area (Å²) >= 11 is 0. The van der Waals surface area contributed by atoms with Gasteiger partial charge >= 0.3 is 0 Å². The fourth-order valence-electron chi connectivity index (χ4n) is 3.26. The van der Waals surface area contributed by atoms with Crippen molar-refractivity contribution in [3.05, 3.63) is 112 Å². The molecule has 4 rings (SSSR count). The number of aryl methyl sites for hydroxylation is 1. The second kappa shape index (κ2) is 6.36. The summed E-state index contributed by atoms with van der Waals surface area (Å²) in [6, 6.07) is 25.6. The zero-order valence-corrected chi connectivity index (χ0v) is 14.0. The lowest BCUT2D eigenvalue weighted by molar-refractivity contribution is 0.643. The normalized spacial score (nSPS) is 12.2. The van der Waals surface area contributed by atoms with E-state index in [0.717, 1.165) is 16.6 Å². The Balaban J connectivity index is 1.99.